The number of nitrogens with zero attached hydrogens (tertiary/aromatic N) is 1. The van der Waals surface area contributed by atoms with Crippen LogP contribution in [0.1, 0.15) is 18.5 Å². The first-order chi connectivity index (χ1) is 9.76. The Morgan fingerprint density at radius 1 is 1.15 bits per heavy atom. The molecular formula is C16H16N2OS. The number of nitrogens with one attached hydrogen (secondary N) is 1. The second-order valence-corrected chi connectivity index (χ2v) is 5.56. The number of ether oxygens (including phenoxy) is 1. The second kappa shape index (κ2) is 5.51. The smallest absolute Gasteiger partial charge is 0.118 e. The molecule has 1 unspecified atom stereocenters. The van der Waals surface area contributed by atoms with Crippen molar-refractivity contribution in [3.05, 3.63) is 53.5 Å². The molecule has 3 aromatic rings. The molecule has 0 aliphatic heterocycles. The lowest BCUT2D eigenvalue weighted by molar-refractivity contribution is 0.414. The highest BCUT2D eigenvalue weighted by Gasteiger charge is 2.06. The summed E-state index contributed by atoms with van der Waals surface area (Å²) in [5, 5.41) is 3.52. The molecular weight excluding hydrogens is 268 g/mol. The van der Waals surface area contributed by atoms with E-state index in [9.17, 15) is 0 Å². The van der Waals surface area contributed by atoms with Gasteiger partial charge < -0.3 is 10.1 Å². The molecule has 0 spiro atoms. The predicted octanol–water partition coefficient (Wildman–Crippen LogP) is 4.48. The molecule has 0 amide bonds. The lowest BCUT2D eigenvalue weighted by Gasteiger charge is -2.16. The van der Waals surface area contributed by atoms with Crippen LogP contribution in [0.3, 0.4) is 0 Å². The van der Waals surface area contributed by atoms with Gasteiger partial charge in [0.05, 0.1) is 22.8 Å². The van der Waals surface area contributed by atoms with Crippen LogP contribution in [0.25, 0.3) is 10.2 Å². The van der Waals surface area contributed by atoms with Crippen LogP contribution in [0.15, 0.2) is 48.0 Å². The number of hydrogen-bond acceptors (Lipinski definition) is 4. The molecule has 2 aromatic carbocycles. The van der Waals surface area contributed by atoms with Gasteiger partial charge >= 0.3 is 0 Å². The van der Waals surface area contributed by atoms with Crippen LogP contribution in [0.2, 0.25) is 0 Å². The maximum absolute atomic E-state index is 5.18. The zero-order valence-electron chi connectivity index (χ0n) is 11.5. The van der Waals surface area contributed by atoms with Crippen molar-refractivity contribution < 1.29 is 4.74 Å². The lowest BCUT2D eigenvalue weighted by Crippen LogP contribution is -2.06. The van der Waals surface area contributed by atoms with Crippen molar-refractivity contribution in [2.75, 3.05) is 12.4 Å². The molecule has 3 rings (SSSR count). The third-order valence-corrected chi connectivity index (χ3v) is 4.12. The Morgan fingerprint density at radius 2 is 1.95 bits per heavy atom. The monoisotopic (exact) mass is 284 g/mol. The quantitative estimate of drug-likeness (QED) is 0.767. The number of hydrogen-bond donors (Lipinski definition) is 1. The summed E-state index contributed by atoms with van der Waals surface area (Å²) in [4.78, 5) is 4.29. The molecule has 1 aromatic heterocycles. The standard InChI is InChI=1S/C16H16N2OS/c1-11(12-3-6-14(19-2)7-4-12)18-13-5-8-15-16(9-13)20-10-17-15/h3-11,18H,1-2H3. The fourth-order valence-corrected chi connectivity index (χ4v) is 2.89. The van der Waals surface area contributed by atoms with Gasteiger partial charge in [-0.1, -0.05) is 12.1 Å². The Bertz CT molecular complexity index is 706. The Labute approximate surface area is 122 Å². The van der Waals surface area contributed by atoms with Crippen molar-refractivity contribution >= 4 is 27.2 Å². The molecule has 1 atom stereocenters. The zero-order valence-corrected chi connectivity index (χ0v) is 12.3. The molecule has 0 radical (unpaired) electrons. The lowest BCUT2D eigenvalue weighted by atomic mass is 10.1. The first-order valence-corrected chi connectivity index (χ1v) is 7.38. The summed E-state index contributed by atoms with van der Waals surface area (Å²) in [6.07, 6.45) is 0. The fraction of sp³-hybridized carbons (Fsp3) is 0.188. The van der Waals surface area contributed by atoms with Crippen LogP contribution >= 0.6 is 11.3 Å². The Kier molecular flexibility index (Phi) is 3.56. The van der Waals surface area contributed by atoms with Gasteiger partial charge in [0.1, 0.15) is 5.75 Å². The molecule has 1 N–H and O–H groups in total. The number of thiazole rings is 1. The van der Waals surface area contributed by atoms with E-state index in [4.69, 9.17) is 4.74 Å². The second-order valence-electron chi connectivity index (χ2n) is 4.67. The van der Waals surface area contributed by atoms with E-state index in [1.54, 1.807) is 18.4 Å². The summed E-state index contributed by atoms with van der Waals surface area (Å²) in [7, 11) is 1.68. The van der Waals surface area contributed by atoms with Crippen LogP contribution in [0, 0.1) is 0 Å². The molecule has 0 saturated heterocycles. The fourth-order valence-electron chi connectivity index (χ4n) is 2.17. The van der Waals surface area contributed by atoms with E-state index in [-0.39, 0.29) is 6.04 Å². The van der Waals surface area contributed by atoms with E-state index in [0.717, 1.165) is 17.0 Å². The van der Waals surface area contributed by atoms with Gasteiger partial charge in [0.2, 0.25) is 0 Å². The van der Waals surface area contributed by atoms with E-state index in [2.05, 4.69) is 47.6 Å². The van der Waals surface area contributed by atoms with E-state index in [1.165, 1.54) is 10.3 Å². The first-order valence-electron chi connectivity index (χ1n) is 6.50. The zero-order chi connectivity index (χ0) is 13.9. The van der Waals surface area contributed by atoms with Gasteiger partial charge in [0, 0.05) is 11.7 Å². The number of aromatic nitrogens is 1. The highest BCUT2D eigenvalue weighted by molar-refractivity contribution is 7.16. The first kappa shape index (κ1) is 12.9. The summed E-state index contributed by atoms with van der Waals surface area (Å²) in [5.41, 5.74) is 5.28. The topological polar surface area (TPSA) is 34.1 Å². The summed E-state index contributed by atoms with van der Waals surface area (Å²) >= 11 is 1.66. The minimum atomic E-state index is 0.242. The highest BCUT2D eigenvalue weighted by atomic mass is 32.1. The van der Waals surface area contributed by atoms with Crippen LogP contribution in [-0.2, 0) is 0 Å². The van der Waals surface area contributed by atoms with Crippen molar-refractivity contribution in [2.45, 2.75) is 13.0 Å². The number of rotatable bonds is 4. The Morgan fingerprint density at radius 3 is 2.70 bits per heavy atom. The normalized spacial score (nSPS) is 12.3. The summed E-state index contributed by atoms with van der Waals surface area (Å²) in [6, 6.07) is 14.7. The SMILES string of the molecule is COc1ccc(C(C)Nc2ccc3ncsc3c2)cc1. The molecule has 0 aliphatic carbocycles. The maximum atomic E-state index is 5.18. The predicted molar refractivity (Wildman–Crippen MR) is 84.7 cm³/mol. The van der Waals surface area contributed by atoms with Crippen molar-refractivity contribution in [2.24, 2.45) is 0 Å². The molecule has 0 saturated carbocycles. The van der Waals surface area contributed by atoms with Gasteiger partial charge in [-0.15, -0.1) is 11.3 Å². The number of methoxy groups -OCH3 is 1. The molecule has 4 heteroatoms. The minimum absolute atomic E-state index is 0.242. The van der Waals surface area contributed by atoms with Gasteiger partial charge in [-0.2, -0.15) is 0 Å². The molecule has 102 valence electrons. The highest BCUT2D eigenvalue weighted by Crippen LogP contribution is 2.25. The molecule has 3 nitrogen and oxygen atoms in total. The summed E-state index contributed by atoms with van der Waals surface area (Å²) in [5.74, 6) is 0.882. The summed E-state index contributed by atoms with van der Waals surface area (Å²) in [6.45, 7) is 2.15. The van der Waals surface area contributed by atoms with Gasteiger partial charge in [0.15, 0.2) is 0 Å². The number of anilines is 1. The molecule has 1 heterocycles. The van der Waals surface area contributed by atoms with Crippen molar-refractivity contribution in [1.82, 2.24) is 4.98 Å². The van der Waals surface area contributed by atoms with Crippen LogP contribution in [0.4, 0.5) is 5.69 Å². The van der Waals surface area contributed by atoms with E-state index >= 15 is 0 Å². The van der Waals surface area contributed by atoms with Gasteiger partial charge in [-0.05, 0) is 42.8 Å². The Hall–Kier alpha value is -2.07. The van der Waals surface area contributed by atoms with Gasteiger partial charge in [-0.3, -0.25) is 0 Å². The number of fused-ring (bicyclic) bond motifs is 1. The minimum Gasteiger partial charge on any atom is -0.497 e. The molecule has 0 aliphatic rings. The van der Waals surface area contributed by atoms with Crippen molar-refractivity contribution in [1.29, 1.82) is 0 Å². The Balaban J connectivity index is 1.78. The third kappa shape index (κ3) is 2.60. The van der Waals surface area contributed by atoms with E-state index in [0.29, 0.717) is 0 Å². The average Bonchev–Trinajstić information content (AvgIpc) is 2.95. The van der Waals surface area contributed by atoms with Crippen molar-refractivity contribution in [3.8, 4) is 5.75 Å². The van der Waals surface area contributed by atoms with Crippen LogP contribution in [0.5, 0.6) is 5.75 Å². The average molecular weight is 284 g/mol. The van der Waals surface area contributed by atoms with Gasteiger partial charge in [0.25, 0.3) is 0 Å². The third-order valence-electron chi connectivity index (χ3n) is 3.33. The molecule has 0 fully saturated rings. The largest absolute Gasteiger partial charge is 0.497 e. The molecule has 20 heavy (non-hydrogen) atoms. The van der Waals surface area contributed by atoms with Crippen LogP contribution in [-0.4, -0.2) is 12.1 Å². The maximum Gasteiger partial charge on any atom is 0.118 e. The van der Waals surface area contributed by atoms with Gasteiger partial charge in [-0.25, -0.2) is 4.98 Å². The number of benzene rings is 2. The van der Waals surface area contributed by atoms with Crippen LogP contribution < -0.4 is 10.1 Å². The van der Waals surface area contributed by atoms with Crippen molar-refractivity contribution in [3.63, 3.8) is 0 Å². The van der Waals surface area contributed by atoms with E-state index < -0.39 is 0 Å². The molecule has 0 bridgehead atoms. The summed E-state index contributed by atoms with van der Waals surface area (Å²) < 4.78 is 6.39. The van der Waals surface area contributed by atoms with E-state index in [1.807, 2.05) is 17.6 Å².